The molecule has 1 aliphatic heterocycles. The summed E-state index contributed by atoms with van der Waals surface area (Å²) in [5.41, 5.74) is 0.628. The highest BCUT2D eigenvalue weighted by atomic mass is 19.4. The van der Waals surface area contributed by atoms with Crippen molar-refractivity contribution in [2.45, 2.75) is 45.5 Å². The highest BCUT2D eigenvalue weighted by molar-refractivity contribution is 5.87. The number of rotatable bonds is 6. The Morgan fingerprint density at radius 2 is 1.93 bits per heavy atom. The fraction of sp³-hybridized carbons (Fsp3) is 0.450. The standard InChI is InChI=1S/C20H23F3N6/c1-2-8-29-18-16(13-25-29)17(26-19(27-18)28-9-3-4-10-28)24-12-14-6-5-7-15(11-14)20(21,22)23/h5-7,11,13H,2-4,8-10,12H2,1H3,(H,24,26,27). The van der Waals surface area contributed by atoms with E-state index < -0.39 is 11.7 Å². The lowest BCUT2D eigenvalue weighted by molar-refractivity contribution is -0.137. The second-order valence-corrected chi connectivity index (χ2v) is 7.22. The number of alkyl halides is 3. The minimum atomic E-state index is -4.36. The number of aryl methyl sites for hydroxylation is 1. The smallest absolute Gasteiger partial charge is 0.365 e. The van der Waals surface area contributed by atoms with Crippen LogP contribution in [0.1, 0.15) is 37.3 Å². The highest BCUT2D eigenvalue weighted by Crippen LogP contribution is 2.30. The molecule has 2 aromatic heterocycles. The van der Waals surface area contributed by atoms with Crippen molar-refractivity contribution in [2.24, 2.45) is 0 Å². The number of halogens is 3. The van der Waals surface area contributed by atoms with Crippen LogP contribution in [0.4, 0.5) is 24.9 Å². The topological polar surface area (TPSA) is 58.9 Å². The summed E-state index contributed by atoms with van der Waals surface area (Å²) in [5, 5.41) is 8.40. The van der Waals surface area contributed by atoms with Crippen molar-refractivity contribution in [3.8, 4) is 0 Å². The van der Waals surface area contributed by atoms with Crippen molar-refractivity contribution >= 4 is 22.8 Å². The minimum absolute atomic E-state index is 0.231. The molecule has 0 bridgehead atoms. The van der Waals surface area contributed by atoms with Gasteiger partial charge in [-0.25, -0.2) is 4.68 Å². The van der Waals surface area contributed by atoms with E-state index in [2.05, 4.69) is 27.2 Å². The van der Waals surface area contributed by atoms with Crippen LogP contribution in [-0.2, 0) is 19.3 Å². The minimum Gasteiger partial charge on any atom is -0.365 e. The predicted octanol–water partition coefficient (Wildman–Crippen LogP) is 4.47. The average Bonchev–Trinajstić information content (AvgIpc) is 3.36. The molecule has 0 aliphatic carbocycles. The van der Waals surface area contributed by atoms with Gasteiger partial charge in [-0.05, 0) is 37.0 Å². The molecular formula is C20H23F3N6. The molecule has 1 fully saturated rings. The first-order valence-electron chi connectivity index (χ1n) is 9.84. The Kier molecular flexibility index (Phi) is 5.29. The van der Waals surface area contributed by atoms with Gasteiger partial charge in [0.05, 0.1) is 17.1 Å². The predicted molar refractivity (Wildman–Crippen MR) is 106 cm³/mol. The first-order valence-corrected chi connectivity index (χ1v) is 9.84. The lowest BCUT2D eigenvalue weighted by Gasteiger charge is -2.17. The van der Waals surface area contributed by atoms with Gasteiger partial charge in [-0.15, -0.1) is 0 Å². The van der Waals surface area contributed by atoms with Crippen molar-refractivity contribution in [3.63, 3.8) is 0 Å². The Bertz CT molecular complexity index is 992. The van der Waals surface area contributed by atoms with Gasteiger partial charge in [0.2, 0.25) is 5.95 Å². The molecule has 0 saturated carbocycles. The van der Waals surface area contributed by atoms with E-state index in [1.54, 1.807) is 12.3 Å². The second-order valence-electron chi connectivity index (χ2n) is 7.22. The van der Waals surface area contributed by atoms with Gasteiger partial charge in [-0.1, -0.05) is 19.1 Å². The van der Waals surface area contributed by atoms with Gasteiger partial charge in [-0.2, -0.15) is 28.2 Å². The zero-order chi connectivity index (χ0) is 20.4. The summed E-state index contributed by atoms with van der Waals surface area (Å²) in [6.07, 6.45) is 0.480. The SMILES string of the molecule is CCCn1ncc2c(NCc3cccc(C(F)(F)F)c3)nc(N3CCCC3)nc21. The molecule has 0 radical (unpaired) electrons. The molecule has 0 amide bonds. The summed E-state index contributed by atoms with van der Waals surface area (Å²) in [6.45, 7) is 4.85. The fourth-order valence-electron chi connectivity index (χ4n) is 3.56. The monoisotopic (exact) mass is 404 g/mol. The Labute approximate surface area is 166 Å². The van der Waals surface area contributed by atoms with E-state index in [1.807, 2.05) is 4.68 Å². The first-order chi connectivity index (χ1) is 14.0. The number of hydrogen-bond acceptors (Lipinski definition) is 5. The zero-order valence-electron chi connectivity index (χ0n) is 16.2. The van der Waals surface area contributed by atoms with Gasteiger partial charge >= 0.3 is 6.18 Å². The van der Waals surface area contributed by atoms with Gasteiger partial charge in [0.1, 0.15) is 5.82 Å². The van der Waals surface area contributed by atoms with Gasteiger partial charge < -0.3 is 10.2 Å². The maximum Gasteiger partial charge on any atom is 0.416 e. The molecule has 0 unspecified atom stereocenters. The first kappa shape index (κ1) is 19.5. The summed E-state index contributed by atoms with van der Waals surface area (Å²) < 4.78 is 40.8. The van der Waals surface area contributed by atoms with Gasteiger partial charge in [0, 0.05) is 26.2 Å². The number of benzene rings is 1. The molecule has 1 N–H and O–H groups in total. The summed E-state index contributed by atoms with van der Waals surface area (Å²) in [4.78, 5) is 11.5. The van der Waals surface area contributed by atoms with Crippen LogP contribution in [0.15, 0.2) is 30.5 Å². The van der Waals surface area contributed by atoms with E-state index in [0.29, 0.717) is 17.3 Å². The number of aromatic nitrogens is 4. The van der Waals surface area contributed by atoms with E-state index in [9.17, 15) is 13.2 Å². The summed E-state index contributed by atoms with van der Waals surface area (Å²) >= 11 is 0. The molecule has 3 heterocycles. The van der Waals surface area contributed by atoms with Crippen LogP contribution in [-0.4, -0.2) is 32.8 Å². The Morgan fingerprint density at radius 3 is 2.66 bits per heavy atom. The Hall–Kier alpha value is -2.84. The lowest BCUT2D eigenvalue weighted by atomic mass is 10.1. The molecule has 1 aliphatic rings. The third-order valence-corrected chi connectivity index (χ3v) is 5.02. The van der Waals surface area contributed by atoms with Crippen LogP contribution in [0, 0.1) is 0 Å². The van der Waals surface area contributed by atoms with Crippen molar-refractivity contribution < 1.29 is 13.2 Å². The van der Waals surface area contributed by atoms with Crippen LogP contribution >= 0.6 is 0 Å². The van der Waals surface area contributed by atoms with Crippen LogP contribution < -0.4 is 10.2 Å². The summed E-state index contributed by atoms with van der Waals surface area (Å²) in [6, 6.07) is 5.33. The third-order valence-electron chi connectivity index (χ3n) is 5.02. The van der Waals surface area contributed by atoms with E-state index in [4.69, 9.17) is 4.98 Å². The van der Waals surface area contributed by atoms with Crippen molar-refractivity contribution in [1.29, 1.82) is 0 Å². The molecule has 3 aromatic rings. The van der Waals surface area contributed by atoms with Crippen LogP contribution in [0.2, 0.25) is 0 Å². The zero-order valence-corrected chi connectivity index (χ0v) is 16.2. The van der Waals surface area contributed by atoms with Crippen LogP contribution in [0.5, 0.6) is 0 Å². The molecule has 154 valence electrons. The maximum absolute atomic E-state index is 13.0. The molecular weight excluding hydrogens is 381 g/mol. The summed E-state index contributed by atoms with van der Waals surface area (Å²) in [5.74, 6) is 1.23. The lowest BCUT2D eigenvalue weighted by Crippen LogP contribution is -2.21. The second kappa shape index (κ2) is 7.88. The molecule has 0 spiro atoms. The molecule has 4 rings (SSSR count). The largest absolute Gasteiger partial charge is 0.416 e. The summed E-state index contributed by atoms with van der Waals surface area (Å²) in [7, 11) is 0. The third kappa shape index (κ3) is 4.13. The van der Waals surface area contributed by atoms with Gasteiger partial charge in [0.15, 0.2) is 5.65 Å². The molecule has 29 heavy (non-hydrogen) atoms. The van der Waals surface area contributed by atoms with Crippen molar-refractivity contribution in [3.05, 3.63) is 41.6 Å². The van der Waals surface area contributed by atoms with Crippen molar-refractivity contribution in [2.75, 3.05) is 23.3 Å². The van der Waals surface area contributed by atoms with E-state index in [-0.39, 0.29) is 6.54 Å². The normalized spacial score (nSPS) is 14.7. The number of anilines is 2. The fourth-order valence-corrected chi connectivity index (χ4v) is 3.56. The van der Waals surface area contributed by atoms with Crippen LogP contribution in [0.25, 0.3) is 11.0 Å². The quantitative estimate of drug-likeness (QED) is 0.657. The number of nitrogens with one attached hydrogen (secondary N) is 1. The molecule has 6 nitrogen and oxygen atoms in total. The van der Waals surface area contributed by atoms with Crippen molar-refractivity contribution in [1.82, 2.24) is 19.7 Å². The van der Waals surface area contributed by atoms with E-state index in [1.165, 1.54) is 6.07 Å². The van der Waals surface area contributed by atoms with E-state index in [0.717, 1.165) is 62.1 Å². The Morgan fingerprint density at radius 1 is 1.14 bits per heavy atom. The highest BCUT2D eigenvalue weighted by Gasteiger charge is 2.30. The molecule has 9 heteroatoms. The van der Waals surface area contributed by atoms with Gasteiger partial charge in [-0.3, -0.25) is 0 Å². The average molecular weight is 404 g/mol. The molecule has 1 aromatic carbocycles. The maximum atomic E-state index is 13.0. The number of fused-ring (bicyclic) bond motifs is 1. The Balaban J connectivity index is 1.65. The van der Waals surface area contributed by atoms with Crippen LogP contribution in [0.3, 0.4) is 0 Å². The molecule has 0 atom stereocenters. The molecule has 1 saturated heterocycles. The van der Waals surface area contributed by atoms with E-state index >= 15 is 0 Å². The number of nitrogens with zero attached hydrogens (tertiary/aromatic N) is 5. The van der Waals surface area contributed by atoms with Gasteiger partial charge in [0.25, 0.3) is 0 Å². The number of hydrogen-bond donors (Lipinski definition) is 1.